The largest absolute Gasteiger partial charge is 0.497 e. The minimum atomic E-state index is -0.0969. The number of carbonyl (C=O) groups excluding carboxylic acids is 1. The first-order valence-corrected chi connectivity index (χ1v) is 8.26. The highest BCUT2D eigenvalue weighted by Crippen LogP contribution is 2.31. The van der Waals surface area contributed by atoms with Crippen LogP contribution in [0.1, 0.15) is 11.3 Å². The Bertz CT molecular complexity index is 852. The molecule has 0 atom stereocenters. The molecule has 0 fully saturated rings. The molecule has 7 heteroatoms. The van der Waals surface area contributed by atoms with Crippen molar-refractivity contribution in [1.82, 2.24) is 14.5 Å². The zero-order valence-electron chi connectivity index (χ0n) is 13.7. The van der Waals surface area contributed by atoms with Crippen molar-refractivity contribution in [3.8, 4) is 16.5 Å². The Morgan fingerprint density at radius 2 is 2.08 bits per heavy atom. The van der Waals surface area contributed by atoms with E-state index in [9.17, 15) is 4.79 Å². The maximum Gasteiger partial charge on any atom is 0.230 e. The highest BCUT2D eigenvalue weighted by molar-refractivity contribution is 7.19. The van der Waals surface area contributed by atoms with Gasteiger partial charge in [0, 0.05) is 19.4 Å². The molecule has 24 heavy (non-hydrogen) atoms. The number of aromatic nitrogens is 3. The van der Waals surface area contributed by atoms with Gasteiger partial charge in [0.2, 0.25) is 5.91 Å². The second-order valence-corrected chi connectivity index (χ2v) is 6.37. The van der Waals surface area contributed by atoms with E-state index in [2.05, 4.69) is 15.3 Å². The predicted molar refractivity (Wildman–Crippen MR) is 94.4 cm³/mol. The minimum absolute atomic E-state index is 0.0969. The fourth-order valence-corrected chi connectivity index (χ4v) is 3.36. The third-order valence-corrected chi connectivity index (χ3v) is 4.66. The molecule has 0 bridgehead atoms. The van der Waals surface area contributed by atoms with Gasteiger partial charge in [-0.15, -0.1) is 0 Å². The maximum absolute atomic E-state index is 12.2. The molecular weight excluding hydrogens is 324 g/mol. The van der Waals surface area contributed by atoms with E-state index in [1.54, 1.807) is 13.3 Å². The number of hydrogen-bond acceptors (Lipinski definition) is 5. The highest BCUT2D eigenvalue weighted by Gasteiger charge is 2.15. The lowest BCUT2D eigenvalue weighted by Gasteiger charge is -2.03. The molecular formula is C17H18N4O2S. The number of benzene rings is 1. The van der Waals surface area contributed by atoms with Gasteiger partial charge in [-0.25, -0.2) is 9.97 Å². The van der Waals surface area contributed by atoms with Crippen LogP contribution in [-0.4, -0.2) is 27.6 Å². The van der Waals surface area contributed by atoms with E-state index in [1.165, 1.54) is 11.3 Å². The fourth-order valence-electron chi connectivity index (χ4n) is 2.33. The number of methoxy groups -OCH3 is 1. The van der Waals surface area contributed by atoms with Gasteiger partial charge in [-0.1, -0.05) is 23.5 Å². The number of rotatable bonds is 5. The number of amides is 1. The molecule has 1 N–H and O–H groups in total. The predicted octanol–water partition coefficient (Wildman–Crippen LogP) is 3.04. The second kappa shape index (κ2) is 6.84. The molecule has 3 rings (SSSR count). The van der Waals surface area contributed by atoms with Crippen molar-refractivity contribution in [2.24, 2.45) is 7.05 Å². The zero-order valence-corrected chi connectivity index (χ0v) is 14.6. The lowest BCUT2D eigenvalue weighted by Crippen LogP contribution is -2.14. The van der Waals surface area contributed by atoms with Gasteiger partial charge in [0.1, 0.15) is 5.75 Å². The molecule has 2 aromatic heterocycles. The Morgan fingerprint density at radius 3 is 2.71 bits per heavy atom. The Hall–Kier alpha value is -2.67. The van der Waals surface area contributed by atoms with Crippen LogP contribution >= 0.6 is 11.3 Å². The Kier molecular flexibility index (Phi) is 4.61. The number of aryl methyl sites for hydroxylation is 2. The van der Waals surface area contributed by atoms with E-state index < -0.39 is 0 Å². The highest BCUT2D eigenvalue weighted by atomic mass is 32.1. The van der Waals surface area contributed by atoms with E-state index in [0.717, 1.165) is 27.7 Å². The first-order valence-electron chi connectivity index (χ1n) is 7.44. The smallest absolute Gasteiger partial charge is 0.230 e. The number of hydrogen-bond donors (Lipinski definition) is 1. The SMILES string of the molecule is COc1ccc(CC(=O)Nc2nc(C)c(-c3nccn3C)s2)cc1. The van der Waals surface area contributed by atoms with Crippen LogP contribution in [0.25, 0.3) is 10.7 Å². The third-order valence-electron chi connectivity index (χ3n) is 3.59. The molecule has 2 heterocycles. The number of carbonyl (C=O) groups is 1. The Morgan fingerprint density at radius 1 is 1.33 bits per heavy atom. The van der Waals surface area contributed by atoms with Crippen molar-refractivity contribution in [3.05, 3.63) is 47.9 Å². The first kappa shape index (κ1) is 16.2. The van der Waals surface area contributed by atoms with Gasteiger partial charge < -0.3 is 14.6 Å². The van der Waals surface area contributed by atoms with Gasteiger partial charge in [0.15, 0.2) is 11.0 Å². The molecule has 3 aromatic rings. The van der Waals surface area contributed by atoms with Crippen molar-refractivity contribution in [2.75, 3.05) is 12.4 Å². The standard InChI is InChI=1S/C17H18N4O2S/c1-11-15(16-18-8-9-21(16)2)24-17(19-11)20-14(22)10-12-4-6-13(23-3)7-5-12/h4-9H,10H2,1-3H3,(H,19,20,22). The van der Waals surface area contributed by atoms with Crippen LogP contribution < -0.4 is 10.1 Å². The number of ether oxygens (including phenoxy) is 1. The summed E-state index contributed by atoms with van der Waals surface area (Å²) in [6.45, 7) is 1.92. The van der Waals surface area contributed by atoms with Crippen molar-refractivity contribution in [1.29, 1.82) is 0 Å². The molecule has 1 amide bonds. The normalized spacial score (nSPS) is 10.6. The molecule has 0 saturated heterocycles. The van der Waals surface area contributed by atoms with Gasteiger partial charge in [0.05, 0.1) is 24.1 Å². The van der Waals surface area contributed by atoms with Gasteiger partial charge in [0.25, 0.3) is 0 Å². The first-order chi connectivity index (χ1) is 11.6. The Labute approximate surface area is 144 Å². The number of nitrogens with one attached hydrogen (secondary N) is 1. The topological polar surface area (TPSA) is 69.0 Å². The quantitative estimate of drug-likeness (QED) is 0.774. The maximum atomic E-state index is 12.2. The van der Waals surface area contributed by atoms with E-state index in [1.807, 2.05) is 49.0 Å². The van der Waals surface area contributed by atoms with Crippen LogP contribution in [0.15, 0.2) is 36.7 Å². The van der Waals surface area contributed by atoms with Crippen LogP contribution in [0.4, 0.5) is 5.13 Å². The summed E-state index contributed by atoms with van der Waals surface area (Å²) in [5, 5.41) is 3.45. The van der Waals surface area contributed by atoms with Crippen LogP contribution in [0, 0.1) is 6.92 Å². The minimum Gasteiger partial charge on any atom is -0.497 e. The zero-order chi connectivity index (χ0) is 17.1. The molecule has 0 radical (unpaired) electrons. The molecule has 0 unspecified atom stereocenters. The molecule has 0 saturated carbocycles. The van der Waals surface area contributed by atoms with E-state index >= 15 is 0 Å². The fraction of sp³-hybridized carbons (Fsp3) is 0.235. The van der Waals surface area contributed by atoms with Crippen molar-refractivity contribution in [3.63, 3.8) is 0 Å². The summed E-state index contributed by atoms with van der Waals surface area (Å²) in [6.07, 6.45) is 3.92. The van der Waals surface area contributed by atoms with E-state index in [0.29, 0.717) is 11.6 Å². The summed E-state index contributed by atoms with van der Waals surface area (Å²) in [4.78, 5) is 21.9. The molecule has 0 aliphatic heterocycles. The number of imidazole rings is 1. The second-order valence-electron chi connectivity index (χ2n) is 5.37. The van der Waals surface area contributed by atoms with Gasteiger partial charge in [-0.2, -0.15) is 0 Å². The summed E-state index contributed by atoms with van der Waals surface area (Å²) in [6, 6.07) is 7.44. The number of anilines is 1. The van der Waals surface area contributed by atoms with Crippen LogP contribution in [0.5, 0.6) is 5.75 Å². The lowest BCUT2D eigenvalue weighted by atomic mass is 10.1. The van der Waals surface area contributed by atoms with Crippen molar-refractivity contribution in [2.45, 2.75) is 13.3 Å². The molecule has 6 nitrogen and oxygen atoms in total. The summed E-state index contributed by atoms with van der Waals surface area (Å²) in [5.41, 5.74) is 1.78. The van der Waals surface area contributed by atoms with Crippen molar-refractivity contribution < 1.29 is 9.53 Å². The molecule has 0 aliphatic carbocycles. The summed E-state index contributed by atoms with van der Waals surface area (Å²) in [5.74, 6) is 1.52. The Balaban J connectivity index is 1.69. The number of thiazole rings is 1. The summed E-state index contributed by atoms with van der Waals surface area (Å²) < 4.78 is 7.05. The van der Waals surface area contributed by atoms with Crippen LogP contribution in [0.3, 0.4) is 0 Å². The molecule has 0 spiro atoms. The summed E-state index contributed by atoms with van der Waals surface area (Å²) in [7, 11) is 3.55. The van der Waals surface area contributed by atoms with Gasteiger partial charge in [-0.05, 0) is 24.6 Å². The third kappa shape index (κ3) is 3.46. The monoisotopic (exact) mass is 342 g/mol. The molecule has 124 valence electrons. The van der Waals surface area contributed by atoms with Gasteiger partial charge in [-0.3, -0.25) is 4.79 Å². The summed E-state index contributed by atoms with van der Waals surface area (Å²) >= 11 is 1.43. The van der Waals surface area contributed by atoms with Crippen molar-refractivity contribution >= 4 is 22.4 Å². The van der Waals surface area contributed by atoms with E-state index in [4.69, 9.17) is 4.74 Å². The molecule has 0 aliphatic rings. The average Bonchev–Trinajstić information content (AvgIpc) is 3.13. The van der Waals surface area contributed by atoms with Gasteiger partial charge >= 0.3 is 0 Å². The lowest BCUT2D eigenvalue weighted by molar-refractivity contribution is -0.115. The van der Waals surface area contributed by atoms with Crippen LogP contribution in [0.2, 0.25) is 0 Å². The average molecular weight is 342 g/mol. The van der Waals surface area contributed by atoms with E-state index in [-0.39, 0.29) is 5.91 Å². The molecule has 1 aromatic carbocycles. The number of nitrogens with zero attached hydrogens (tertiary/aromatic N) is 3. The van der Waals surface area contributed by atoms with Crippen LogP contribution in [-0.2, 0) is 18.3 Å².